The summed E-state index contributed by atoms with van der Waals surface area (Å²) in [6.45, 7) is 2.08. The van der Waals surface area contributed by atoms with Crippen molar-refractivity contribution in [3.63, 3.8) is 0 Å². The first-order valence-electron chi connectivity index (χ1n) is 5.51. The van der Waals surface area contributed by atoms with Crippen LogP contribution in [0.1, 0.15) is 26.2 Å². The zero-order chi connectivity index (χ0) is 12.9. The van der Waals surface area contributed by atoms with Crippen LogP contribution in [0.3, 0.4) is 0 Å². The summed E-state index contributed by atoms with van der Waals surface area (Å²) >= 11 is 3.49. The molecule has 0 aromatic heterocycles. The molecule has 8 heteroatoms. The normalized spacial score (nSPS) is 24.6. The van der Waals surface area contributed by atoms with E-state index in [1.165, 1.54) is 0 Å². The van der Waals surface area contributed by atoms with Gasteiger partial charge in [-0.1, -0.05) is 15.9 Å². The maximum absolute atomic E-state index is 11.4. The minimum absolute atomic E-state index is 0.134. The number of rotatable bonds is 5. The molecule has 2 unspecified atom stereocenters. The summed E-state index contributed by atoms with van der Waals surface area (Å²) in [6.07, 6.45) is 2.03. The summed E-state index contributed by atoms with van der Waals surface area (Å²) in [7, 11) is -3.80. The Balaban J connectivity index is 2.32. The molecular formula is C9H17BrN2O4S. The number of ether oxygens (including phenoxy) is 1. The minimum Gasteiger partial charge on any atom is -0.449 e. The van der Waals surface area contributed by atoms with E-state index >= 15 is 0 Å². The van der Waals surface area contributed by atoms with Crippen molar-refractivity contribution in [1.82, 2.24) is 9.44 Å². The van der Waals surface area contributed by atoms with Gasteiger partial charge in [0.2, 0.25) is 0 Å². The first kappa shape index (κ1) is 14.7. The van der Waals surface area contributed by atoms with Crippen molar-refractivity contribution in [3.05, 3.63) is 0 Å². The molecule has 6 nitrogen and oxygen atoms in total. The summed E-state index contributed by atoms with van der Waals surface area (Å²) in [5.41, 5.74) is 0. The highest BCUT2D eigenvalue weighted by atomic mass is 79.9. The molecule has 0 radical (unpaired) electrons. The molecule has 1 amide bonds. The van der Waals surface area contributed by atoms with Crippen molar-refractivity contribution in [1.29, 1.82) is 0 Å². The van der Waals surface area contributed by atoms with Gasteiger partial charge in [-0.2, -0.15) is 13.1 Å². The molecule has 0 saturated heterocycles. The monoisotopic (exact) mass is 328 g/mol. The van der Waals surface area contributed by atoms with E-state index in [1.54, 1.807) is 11.6 Å². The highest BCUT2D eigenvalue weighted by Gasteiger charge is 2.24. The molecule has 0 heterocycles. The first-order valence-corrected chi connectivity index (χ1v) is 7.91. The molecular weight excluding hydrogens is 312 g/mol. The lowest BCUT2D eigenvalue weighted by Gasteiger charge is -2.11. The van der Waals surface area contributed by atoms with Crippen molar-refractivity contribution in [2.24, 2.45) is 5.92 Å². The van der Waals surface area contributed by atoms with Crippen molar-refractivity contribution >= 4 is 32.2 Å². The Bertz CT molecular complexity index is 360. The predicted molar refractivity (Wildman–Crippen MR) is 67.1 cm³/mol. The van der Waals surface area contributed by atoms with Crippen LogP contribution in [0.25, 0.3) is 0 Å². The molecule has 1 fully saturated rings. The van der Waals surface area contributed by atoms with Crippen LogP contribution in [0.2, 0.25) is 0 Å². The Labute approximate surface area is 110 Å². The van der Waals surface area contributed by atoms with E-state index in [2.05, 4.69) is 25.4 Å². The molecule has 1 saturated carbocycles. The van der Waals surface area contributed by atoms with Crippen LogP contribution in [0.4, 0.5) is 4.79 Å². The van der Waals surface area contributed by atoms with E-state index in [0.29, 0.717) is 17.3 Å². The average Bonchev–Trinajstić information content (AvgIpc) is 2.61. The zero-order valence-electron chi connectivity index (χ0n) is 9.61. The summed E-state index contributed by atoms with van der Waals surface area (Å²) in [5, 5.41) is 0. The highest BCUT2D eigenvalue weighted by Crippen LogP contribution is 2.30. The first-order chi connectivity index (χ1) is 7.93. The second-order valence-corrected chi connectivity index (χ2v) is 6.75. The van der Waals surface area contributed by atoms with Crippen molar-refractivity contribution in [2.45, 2.75) is 31.0 Å². The molecule has 0 bridgehead atoms. The Morgan fingerprint density at radius 3 is 2.71 bits per heavy atom. The molecule has 1 aliphatic rings. The smallest absolute Gasteiger partial charge is 0.421 e. The third-order valence-electron chi connectivity index (χ3n) is 2.53. The lowest BCUT2D eigenvalue weighted by Crippen LogP contribution is -2.42. The summed E-state index contributed by atoms with van der Waals surface area (Å²) in [5.74, 6) is 0.318. The molecule has 0 spiro atoms. The molecule has 2 N–H and O–H groups in total. The van der Waals surface area contributed by atoms with Crippen LogP contribution in [0, 0.1) is 5.92 Å². The van der Waals surface area contributed by atoms with Crippen LogP contribution in [-0.2, 0) is 14.9 Å². The molecule has 0 aromatic carbocycles. The van der Waals surface area contributed by atoms with Gasteiger partial charge in [0.15, 0.2) is 0 Å². The van der Waals surface area contributed by atoms with Gasteiger partial charge in [-0.15, -0.1) is 0 Å². The van der Waals surface area contributed by atoms with Gasteiger partial charge in [0.05, 0.1) is 6.61 Å². The third-order valence-corrected chi connectivity index (χ3v) is 4.35. The Morgan fingerprint density at radius 1 is 1.47 bits per heavy atom. The molecule has 1 rings (SSSR count). The molecule has 17 heavy (non-hydrogen) atoms. The largest absolute Gasteiger partial charge is 0.449 e. The van der Waals surface area contributed by atoms with Crippen molar-refractivity contribution < 1.29 is 17.9 Å². The maximum atomic E-state index is 11.4. The van der Waals surface area contributed by atoms with Gasteiger partial charge in [-0.3, -0.25) is 0 Å². The quantitative estimate of drug-likeness (QED) is 0.741. The lowest BCUT2D eigenvalue weighted by molar-refractivity contribution is 0.158. The van der Waals surface area contributed by atoms with Gasteiger partial charge in [0.1, 0.15) is 0 Å². The molecule has 100 valence electrons. The summed E-state index contributed by atoms with van der Waals surface area (Å²) in [4.78, 5) is 11.4. The van der Waals surface area contributed by atoms with Crippen LogP contribution in [0.15, 0.2) is 0 Å². The number of hydrogen-bond donors (Lipinski definition) is 2. The number of halogens is 1. The van der Waals surface area contributed by atoms with Crippen molar-refractivity contribution in [3.8, 4) is 0 Å². The number of nitrogens with one attached hydrogen (secondary N) is 2. The van der Waals surface area contributed by atoms with E-state index in [4.69, 9.17) is 0 Å². The Hall–Kier alpha value is -0.340. The lowest BCUT2D eigenvalue weighted by atomic mass is 10.1. The fraction of sp³-hybridized carbons (Fsp3) is 0.889. The SMILES string of the molecule is CCOC(=O)NS(=O)(=O)NCC1CCC(Br)C1. The molecule has 1 aliphatic carbocycles. The topological polar surface area (TPSA) is 84.5 Å². The van der Waals surface area contributed by atoms with Gasteiger partial charge in [0.25, 0.3) is 0 Å². The van der Waals surface area contributed by atoms with Gasteiger partial charge < -0.3 is 4.74 Å². The van der Waals surface area contributed by atoms with Crippen LogP contribution in [-0.4, -0.2) is 32.5 Å². The molecule has 0 aromatic rings. The predicted octanol–water partition coefficient (Wildman–Crippen LogP) is 1.13. The van der Waals surface area contributed by atoms with E-state index in [9.17, 15) is 13.2 Å². The van der Waals surface area contributed by atoms with E-state index < -0.39 is 16.3 Å². The number of alkyl halides is 1. The number of amides is 1. The van der Waals surface area contributed by atoms with Gasteiger partial charge in [-0.25, -0.2) is 9.52 Å². The molecule has 2 atom stereocenters. The number of hydrogen-bond acceptors (Lipinski definition) is 4. The standard InChI is InChI=1S/C9H17BrN2O4S/c1-2-16-9(13)12-17(14,15)11-6-7-3-4-8(10)5-7/h7-8,11H,2-6H2,1H3,(H,12,13). The number of carbonyl (C=O) groups excluding carboxylic acids is 1. The van der Waals surface area contributed by atoms with Gasteiger partial charge in [-0.05, 0) is 32.1 Å². The fourth-order valence-corrected chi connectivity index (χ4v) is 3.33. The van der Waals surface area contributed by atoms with Crippen molar-refractivity contribution in [2.75, 3.05) is 13.2 Å². The van der Waals surface area contributed by atoms with Gasteiger partial charge >= 0.3 is 16.3 Å². The van der Waals surface area contributed by atoms with Crippen LogP contribution < -0.4 is 9.44 Å². The Morgan fingerprint density at radius 2 is 2.18 bits per heavy atom. The Kier molecular flexibility index (Phi) is 5.68. The summed E-state index contributed by atoms with van der Waals surface area (Å²) in [6, 6.07) is 0. The van der Waals surface area contributed by atoms with E-state index in [0.717, 1.165) is 19.3 Å². The van der Waals surface area contributed by atoms with E-state index in [1.807, 2.05) is 0 Å². The minimum atomic E-state index is -3.80. The second kappa shape index (κ2) is 6.55. The van der Waals surface area contributed by atoms with Gasteiger partial charge in [0, 0.05) is 11.4 Å². The van der Waals surface area contributed by atoms with Crippen LogP contribution >= 0.6 is 15.9 Å². The van der Waals surface area contributed by atoms with Crippen LogP contribution in [0.5, 0.6) is 0 Å². The summed E-state index contributed by atoms with van der Waals surface area (Å²) < 4.78 is 31.5. The number of carbonyl (C=O) groups is 1. The molecule has 0 aliphatic heterocycles. The highest BCUT2D eigenvalue weighted by molar-refractivity contribution is 9.09. The zero-order valence-corrected chi connectivity index (χ0v) is 12.0. The third kappa shape index (κ3) is 5.69. The fourth-order valence-electron chi connectivity index (χ4n) is 1.73. The average molecular weight is 329 g/mol. The second-order valence-electron chi connectivity index (χ2n) is 3.95. The van der Waals surface area contributed by atoms with E-state index in [-0.39, 0.29) is 6.61 Å². The maximum Gasteiger partial charge on any atom is 0.421 e.